The van der Waals surface area contributed by atoms with Crippen LogP contribution in [0.15, 0.2) is 42.0 Å². The molecule has 6 rings (SSSR count). The number of hydrogen-bond donors (Lipinski definition) is 2. The number of aliphatic carboxylic acids is 1. The minimum absolute atomic E-state index is 0.0640. The van der Waals surface area contributed by atoms with Crippen LogP contribution < -0.4 is 19.9 Å². The summed E-state index contributed by atoms with van der Waals surface area (Å²) in [6, 6.07) is 12.4. The third-order valence-corrected chi connectivity index (χ3v) is 10.9. The standard InChI is InChI=1S/C33H40N4O7S/c1-20(45(41,42)43)19-34-32(40)21-9-12-36(13-10-21)24-7-8-27-26(16-24)33(2,18-30(38)39)31-25-15-22-5-6-23(35(3)4)17-29(22)44-28(25)11-14-37(27)31/h5-8,15-17,20-21,28H,9-14,18-19H2,1-4H3,(H2-,34,38,39,40,41,42,43). The van der Waals surface area contributed by atoms with E-state index in [-0.39, 0.29) is 30.9 Å². The Balaban J connectivity index is 1.25. The summed E-state index contributed by atoms with van der Waals surface area (Å²) in [4.78, 5) is 29.3. The molecule has 1 saturated heterocycles. The molecule has 0 aliphatic carbocycles. The second kappa shape index (κ2) is 11.5. The van der Waals surface area contributed by atoms with Crippen LogP contribution in [-0.2, 0) is 25.1 Å². The zero-order chi connectivity index (χ0) is 32.3. The fourth-order valence-corrected chi connectivity index (χ4v) is 7.49. The smallest absolute Gasteiger partial charge is 0.304 e. The Morgan fingerprint density at radius 1 is 1.18 bits per heavy atom. The highest BCUT2D eigenvalue weighted by Gasteiger charge is 2.55. The van der Waals surface area contributed by atoms with E-state index in [1.54, 1.807) is 0 Å². The van der Waals surface area contributed by atoms with Gasteiger partial charge in [-0.05, 0) is 57.0 Å². The highest BCUT2D eigenvalue weighted by molar-refractivity contribution is 7.86. The molecule has 2 N–H and O–H groups in total. The quantitative estimate of drug-likeness (QED) is 0.330. The van der Waals surface area contributed by atoms with Gasteiger partial charge in [-0.3, -0.25) is 9.59 Å². The van der Waals surface area contributed by atoms with Gasteiger partial charge in [-0.15, -0.1) is 0 Å². The first-order valence-electron chi connectivity index (χ1n) is 15.4. The number of benzene rings is 2. The fourth-order valence-electron chi connectivity index (χ4n) is 7.20. The Morgan fingerprint density at radius 2 is 1.91 bits per heavy atom. The predicted octanol–water partition coefficient (Wildman–Crippen LogP) is 3.10. The van der Waals surface area contributed by atoms with Crippen LogP contribution in [0.25, 0.3) is 6.08 Å². The molecule has 0 bridgehead atoms. The molecule has 0 aromatic heterocycles. The van der Waals surface area contributed by atoms with Crippen molar-refractivity contribution in [2.45, 2.75) is 56.3 Å². The van der Waals surface area contributed by atoms with Crippen molar-refractivity contribution >= 4 is 50.8 Å². The number of carboxylic acids is 1. The maximum Gasteiger partial charge on any atom is 0.304 e. The first kappa shape index (κ1) is 31.1. The maximum atomic E-state index is 12.7. The highest BCUT2D eigenvalue weighted by atomic mass is 32.2. The maximum absolute atomic E-state index is 12.7. The Bertz CT molecular complexity index is 1730. The number of piperidine rings is 1. The normalized spacial score (nSPS) is 23.2. The van der Waals surface area contributed by atoms with Crippen LogP contribution in [0.1, 0.15) is 50.7 Å². The first-order chi connectivity index (χ1) is 21.3. The summed E-state index contributed by atoms with van der Waals surface area (Å²) in [6.45, 7) is 5.07. The molecule has 12 heteroatoms. The van der Waals surface area contributed by atoms with Crippen LogP contribution in [0.2, 0.25) is 0 Å². The van der Waals surface area contributed by atoms with E-state index in [0.717, 1.165) is 51.6 Å². The topological polar surface area (TPSA) is 142 Å². The third-order valence-electron chi connectivity index (χ3n) is 9.78. The Kier molecular flexibility index (Phi) is 7.93. The lowest BCUT2D eigenvalue weighted by Gasteiger charge is -2.34. The van der Waals surface area contributed by atoms with Gasteiger partial charge in [0.05, 0.1) is 32.8 Å². The number of amides is 1. The van der Waals surface area contributed by atoms with Crippen molar-refractivity contribution in [3.05, 3.63) is 53.1 Å². The van der Waals surface area contributed by atoms with Crippen molar-refractivity contribution < 1.29 is 37.0 Å². The minimum atomic E-state index is -4.46. The van der Waals surface area contributed by atoms with Crippen molar-refractivity contribution in [1.82, 2.24) is 5.32 Å². The zero-order valence-corrected chi connectivity index (χ0v) is 26.9. The average Bonchev–Trinajstić information content (AvgIpc) is 3.24. The summed E-state index contributed by atoms with van der Waals surface area (Å²) in [5, 5.41) is 11.6. The van der Waals surface area contributed by atoms with Gasteiger partial charge in [-0.2, -0.15) is 4.58 Å². The van der Waals surface area contributed by atoms with Crippen LogP contribution in [0.3, 0.4) is 0 Å². The molecular weight excluding hydrogens is 596 g/mol. The second-order valence-electron chi connectivity index (χ2n) is 13.0. The molecular formula is C33H40N4O7S. The largest absolute Gasteiger partial charge is 0.748 e. The molecule has 11 nitrogen and oxygen atoms in total. The van der Waals surface area contributed by atoms with E-state index < -0.39 is 26.8 Å². The van der Waals surface area contributed by atoms with Crippen LogP contribution >= 0.6 is 0 Å². The molecule has 4 aliphatic heterocycles. The van der Waals surface area contributed by atoms with E-state index in [0.29, 0.717) is 32.5 Å². The molecule has 1 amide bonds. The zero-order valence-electron chi connectivity index (χ0n) is 26.1. The van der Waals surface area contributed by atoms with E-state index in [1.807, 2.05) is 25.9 Å². The number of carbonyl (C=O) groups excluding carboxylic acids is 1. The molecule has 0 spiro atoms. The summed E-state index contributed by atoms with van der Waals surface area (Å²) >= 11 is 0. The van der Waals surface area contributed by atoms with Crippen LogP contribution in [0.5, 0.6) is 5.75 Å². The molecule has 2 aromatic carbocycles. The Labute approximate surface area is 263 Å². The number of nitrogens with zero attached hydrogens (tertiary/aromatic N) is 3. The Hall–Kier alpha value is -3.90. The summed E-state index contributed by atoms with van der Waals surface area (Å²) in [5.41, 5.74) is 6.24. The molecule has 3 unspecified atom stereocenters. The van der Waals surface area contributed by atoms with Crippen LogP contribution in [0.4, 0.5) is 17.1 Å². The number of nitrogens with one attached hydrogen (secondary N) is 1. The summed E-state index contributed by atoms with van der Waals surface area (Å²) in [5.74, 6) is -0.544. The van der Waals surface area contributed by atoms with Crippen molar-refractivity contribution in [3.63, 3.8) is 0 Å². The Morgan fingerprint density at radius 3 is 2.58 bits per heavy atom. The van der Waals surface area contributed by atoms with E-state index in [1.165, 1.54) is 6.92 Å². The first-order valence-corrected chi connectivity index (χ1v) is 16.9. The lowest BCUT2D eigenvalue weighted by Crippen LogP contribution is -2.45. The lowest BCUT2D eigenvalue weighted by atomic mass is 9.72. The predicted molar refractivity (Wildman–Crippen MR) is 171 cm³/mol. The minimum Gasteiger partial charge on any atom is -0.748 e. The van der Waals surface area contributed by atoms with Gasteiger partial charge in [0.1, 0.15) is 11.9 Å². The molecule has 2 aromatic rings. The van der Waals surface area contributed by atoms with Gasteiger partial charge in [0, 0.05) is 80.7 Å². The molecule has 4 aliphatic rings. The van der Waals surface area contributed by atoms with E-state index in [9.17, 15) is 27.7 Å². The summed E-state index contributed by atoms with van der Waals surface area (Å²) < 4.78 is 42.4. The molecule has 45 heavy (non-hydrogen) atoms. The van der Waals surface area contributed by atoms with Gasteiger partial charge < -0.3 is 29.5 Å². The number of rotatable bonds is 8. The number of fused-ring (bicyclic) bond motifs is 5. The number of ether oxygens (including phenoxy) is 1. The van der Waals surface area contributed by atoms with Crippen molar-refractivity contribution in [2.75, 3.05) is 50.1 Å². The van der Waals surface area contributed by atoms with Crippen molar-refractivity contribution in [3.8, 4) is 5.75 Å². The highest BCUT2D eigenvalue weighted by Crippen LogP contribution is 2.50. The third kappa shape index (κ3) is 5.69. The van der Waals surface area contributed by atoms with E-state index in [4.69, 9.17) is 4.74 Å². The van der Waals surface area contributed by atoms with Gasteiger partial charge in [-0.1, -0.05) is 0 Å². The molecule has 0 saturated carbocycles. The van der Waals surface area contributed by atoms with Crippen molar-refractivity contribution in [2.24, 2.45) is 5.92 Å². The summed E-state index contributed by atoms with van der Waals surface area (Å²) in [7, 11) is -0.463. The molecule has 4 heterocycles. The molecule has 3 atom stereocenters. The van der Waals surface area contributed by atoms with E-state index in [2.05, 4.69) is 57.3 Å². The monoisotopic (exact) mass is 636 g/mol. The SMILES string of the molecule is CC(CNC(=O)C1CCN(c2ccc3c(c2)C(C)(CC(=O)O)C2=[N+]3CCC3Oc4cc(N(C)C)ccc4C=C23)CC1)S(=O)(=O)[O-]. The number of hydrogen-bond acceptors (Lipinski definition) is 8. The van der Waals surface area contributed by atoms with Gasteiger partial charge in [0.15, 0.2) is 12.3 Å². The molecule has 240 valence electrons. The molecule has 1 fully saturated rings. The van der Waals surface area contributed by atoms with Gasteiger partial charge >= 0.3 is 5.97 Å². The van der Waals surface area contributed by atoms with Crippen molar-refractivity contribution in [1.29, 1.82) is 0 Å². The molecule has 0 radical (unpaired) electrons. The number of anilines is 2. The van der Waals surface area contributed by atoms with Gasteiger partial charge in [0.2, 0.25) is 11.6 Å². The number of carbonyl (C=O) groups is 2. The second-order valence-corrected chi connectivity index (χ2v) is 14.8. The van der Waals surface area contributed by atoms with Crippen LogP contribution in [0, 0.1) is 5.92 Å². The summed E-state index contributed by atoms with van der Waals surface area (Å²) in [6.07, 6.45) is 3.88. The van der Waals surface area contributed by atoms with E-state index >= 15 is 0 Å². The fraction of sp³-hybridized carbons (Fsp3) is 0.485. The van der Waals surface area contributed by atoms with Crippen LogP contribution in [-0.4, -0.2) is 91.9 Å². The van der Waals surface area contributed by atoms with Gasteiger partial charge in [-0.25, -0.2) is 8.42 Å². The van der Waals surface area contributed by atoms with Gasteiger partial charge in [0.25, 0.3) is 0 Å². The lowest BCUT2D eigenvalue weighted by molar-refractivity contribution is -0.444. The average molecular weight is 637 g/mol. The number of carboxylic acid groups (broad SMARTS) is 1.